The monoisotopic (exact) mass is 311 g/mol. The quantitative estimate of drug-likeness (QED) is 0.815. The van der Waals surface area contributed by atoms with Gasteiger partial charge in [-0.25, -0.2) is 8.42 Å². The molecule has 6 nitrogen and oxygen atoms in total. The van der Waals surface area contributed by atoms with Gasteiger partial charge in [0.1, 0.15) is 13.2 Å². The molecule has 3 heterocycles. The van der Waals surface area contributed by atoms with Gasteiger partial charge in [-0.2, -0.15) is 4.31 Å². The summed E-state index contributed by atoms with van der Waals surface area (Å²) >= 11 is 0. The summed E-state index contributed by atoms with van der Waals surface area (Å²) in [6.07, 6.45) is 1.74. The maximum Gasteiger partial charge on any atom is 0.243 e. The van der Waals surface area contributed by atoms with Crippen molar-refractivity contribution in [2.75, 3.05) is 26.4 Å². The van der Waals surface area contributed by atoms with Gasteiger partial charge in [-0.1, -0.05) is 0 Å². The molecule has 1 aromatic rings. The van der Waals surface area contributed by atoms with Gasteiger partial charge in [0.2, 0.25) is 10.0 Å². The van der Waals surface area contributed by atoms with Gasteiger partial charge in [0.15, 0.2) is 11.5 Å². The first-order valence-electron chi connectivity index (χ1n) is 7.17. The molecule has 2 fully saturated rings. The number of sulfonamides is 1. The minimum atomic E-state index is -3.51. The molecule has 114 valence electrons. The molecule has 0 saturated carbocycles. The first kappa shape index (κ1) is 13.4. The van der Waals surface area contributed by atoms with Gasteiger partial charge >= 0.3 is 0 Å². The predicted octanol–water partition coefficient (Wildman–Crippen LogP) is 1.01. The van der Waals surface area contributed by atoms with Crippen molar-refractivity contribution in [1.29, 1.82) is 0 Å². The lowest BCUT2D eigenvalue weighted by molar-refractivity contribution is 0.0269. The largest absolute Gasteiger partial charge is 0.486 e. The summed E-state index contributed by atoms with van der Waals surface area (Å²) in [4.78, 5) is 0.269. The molecule has 0 amide bonds. The lowest BCUT2D eigenvalue weighted by Crippen LogP contribution is -2.48. The zero-order valence-corrected chi connectivity index (χ0v) is 12.3. The van der Waals surface area contributed by atoms with Gasteiger partial charge in [0, 0.05) is 18.2 Å². The van der Waals surface area contributed by atoms with E-state index >= 15 is 0 Å². The number of hydrogen-bond acceptors (Lipinski definition) is 5. The van der Waals surface area contributed by atoms with E-state index in [-0.39, 0.29) is 17.0 Å². The van der Waals surface area contributed by atoms with Crippen molar-refractivity contribution in [2.24, 2.45) is 0 Å². The minimum Gasteiger partial charge on any atom is -0.486 e. The fourth-order valence-corrected chi connectivity index (χ4v) is 5.15. The topological polar surface area (TPSA) is 65.1 Å². The van der Waals surface area contributed by atoms with Crippen molar-refractivity contribution in [3.8, 4) is 11.5 Å². The van der Waals surface area contributed by atoms with Crippen molar-refractivity contribution < 1.29 is 22.6 Å². The van der Waals surface area contributed by atoms with Crippen LogP contribution in [0.3, 0.4) is 0 Å². The molecular formula is C14H17NO5S. The lowest BCUT2D eigenvalue weighted by atomic mass is 10.2. The fraction of sp³-hybridized carbons (Fsp3) is 0.571. The summed E-state index contributed by atoms with van der Waals surface area (Å²) in [5.74, 6) is 1.10. The van der Waals surface area contributed by atoms with E-state index in [9.17, 15) is 8.42 Å². The number of benzene rings is 1. The highest BCUT2D eigenvalue weighted by Crippen LogP contribution is 2.37. The number of fused-ring (bicyclic) bond motifs is 3. The number of morpholine rings is 1. The van der Waals surface area contributed by atoms with Crippen LogP contribution in [0.15, 0.2) is 23.1 Å². The molecule has 2 atom stereocenters. The molecule has 7 heteroatoms. The summed E-state index contributed by atoms with van der Waals surface area (Å²) in [6.45, 7) is 1.91. The van der Waals surface area contributed by atoms with Crippen LogP contribution in [0.5, 0.6) is 11.5 Å². The molecule has 3 aliphatic heterocycles. The van der Waals surface area contributed by atoms with Crippen LogP contribution in [0.25, 0.3) is 0 Å². The molecular weight excluding hydrogens is 294 g/mol. The van der Waals surface area contributed by atoms with Gasteiger partial charge in [0.05, 0.1) is 18.1 Å². The first-order valence-corrected chi connectivity index (χ1v) is 8.61. The first-order chi connectivity index (χ1) is 10.2. The SMILES string of the molecule is O=S(=O)(c1ccc2c(c1)OCCO2)N1[C@H]2CC[C@H]1COC2. The Bertz CT molecular complexity index is 643. The molecule has 0 radical (unpaired) electrons. The summed E-state index contributed by atoms with van der Waals surface area (Å²) in [5.41, 5.74) is 0. The second-order valence-electron chi connectivity index (χ2n) is 5.56. The molecule has 1 aromatic carbocycles. The number of rotatable bonds is 2. The normalized spacial score (nSPS) is 28.6. The average Bonchev–Trinajstić information content (AvgIpc) is 2.78. The Morgan fingerprint density at radius 3 is 2.38 bits per heavy atom. The summed E-state index contributed by atoms with van der Waals surface area (Å²) in [7, 11) is -3.51. The molecule has 2 bridgehead atoms. The summed E-state index contributed by atoms with van der Waals surface area (Å²) < 4.78 is 43.8. The number of hydrogen-bond donors (Lipinski definition) is 0. The highest BCUT2D eigenvalue weighted by Gasteiger charge is 2.45. The number of nitrogens with zero attached hydrogens (tertiary/aromatic N) is 1. The maximum atomic E-state index is 12.9. The highest BCUT2D eigenvalue weighted by atomic mass is 32.2. The third-order valence-electron chi connectivity index (χ3n) is 4.26. The van der Waals surface area contributed by atoms with E-state index in [1.54, 1.807) is 22.5 Å². The average molecular weight is 311 g/mol. The van der Waals surface area contributed by atoms with Crippen molar-refractivity contribution in [2.45, 2.75) is 29.8 Å². The Morgan fingerprint density at radius 1 is 1.00 bits per heavy atom. The van der Waals surface area contributed by atoms with Gasteiger partial charge in [-0.15, -0.1) is 0 Å². The van der Waals surface area contributed by atoms with Crippen molar-refractivity contribution in [3.05, 3.63) is 18.2 Å². The smallest absolute Gasteiger partial charge is 0.243 e. The zero-order chi connectivity index (χ0) is 14.4. The van der Waals surface area contributed by atoms with Crippen LogP contribution < -0.4 is 9.47 Å². The van der Waals surface area contributed by atoms with Crippen molar-refractivity contribution in [1.82, 2.24) is 4.31 Å². The molecule has 4 rings (SSSR count). The Labute approximate surface area is 123 Å². The molecule has 0 aliphatic carbocycles. The minimum absolute atomic E-state index is 0.0399. The third kappa shape index (κ3) is 2.11. The van der Waals surface area contributed by atoms with Gasteiger partial charge in [-0.3, -0.25) is 0 Å². The Kier molecular flexibility index (Phi) is 3.09. The van der Waals surface area contributed by atoms with Crippen LogP contribution in [-0.2, 0) is 14.8 Å². The van der Waals surface area contributed by atoms with Crippen LogP contribution in [0.1, 0.15) is 12.8 Å². The molecule has 21 heavy (non-hydrogen) atoms. The van der Waals surface area contributed by atoms with Gasteiger partial charge in [-0.05, 0) is 25.0 Å². The number of ether oxygens (including phenoxy) is 3. The van der Waals surface area contributed by atoms with Crippen LogP contribution in [-0.4, -0.2) is 51.2 Å². The van der Waals surface area contributed by atoms with E-state index < -0.39 is 10.0 Å². The molecule has 0 unspecified atom stereocenters. The molecule has 3 aliphatic rings. The van der Waals surface area contributed by atoms with Crippen molar-refractivity contribution >= 4 is 10.0 Å². The maximum absolute atomic E-state index is 12.9. The molecule has 0 aromatic heterocycles. The van der Waals surface area contributed by atoms with Crippen LogP contribution in [0, 0.1) is 0 Å². The Balaban J connectivity index is 1.71. The van der Waals surface area contributed by atoms with E-state index in [4.69, 9.17) is 14.2 Å². The van der Waals surface area contributed by atoms with E-state index in [1.165, 1.54) is 0 Å². The molecule has 2 saturated heterocycles. The summed E-state index contributed by atoms with van der Waals surface area (Å²) in [6, 6.07) is 4.75. The van der Waals surface area contributed by atoms with E-state index in [1.807, 2.05) is 0 Å². The van der Waals surface area contributed by atoms with Crippen molar-refractivity contribution in [3.63, 3.8) is 0 Å². The second kappa shape index (κ2) is 4.86. The Hall–Kier alpha value is -1.31. The van der Waals surface area contributed by atoms with E-state index in [0.29, 0.717) is 37.9 Å². The van der Waals surface area contributed by atoms with Crippen LogP contribution in [0.4, 0.5) is 0 Å². The zero-order valence-electron chi connectivity index (χ0n) is 11.5. The lowest BCUT2D eigenvalue weighted by Gasteiger charge is -2.33. The summed E-state index contributed by atoms with van der Waals surface area (Å²) in [5, 5.41) is 0. The standard InChI is InChI=1S/C14H17NO5S/c16-21(17,15-10-1-2-11(15)9-18-8-10)12-3-4-13-14(7-12)20-6-5-19-13/h3-4,7,10-11H,1-2,5-6,8-9H2/t10-,11-/m0/s1. The van der Waals surface area contributed by atoms with Gasteiger partial charge in [0.25, 0.3) is 0 Å². The van der Waals surface area contributed by atoms with E-state index in [2.05, 4.69) is 0 Å². The highest BCUT2D eigenvalue weighted by molar-refractivity contribution is 7.89. The Morgan fingerprint density at radius 2 is 1.67 bits per heavy atom. The molecule has 0 N–H and O–H groups in total. The third-order valence-corrected chi connectivity index (χ3v) is 6.26. The van der Waals surface area contributed by atoms with Gasteiger partial charge < -0.3 is 14.2 Å². The molecule has 0 spiro atoms. The predicted molar refractivity (Wildman–Crippen MR) is 74.1 cm³/mol. The van der Waals surface area contributed by atoms with Crippen LogP contribution in [0.2, 0.25) is 0 Å². The fourth-order valence-electron chi connectivity index (χ4n) is 3.29. The second-order valence-corrected chi connectivity index (χ2v) is 7.41. The van der Waals surface area contributed by atoms with Crippen LogP contribution >= 0.6 is 0 Å². The van der Waals surface area contributed by atoms with E-state index in [0.717, 1.165) is 12.8 Å².